The lowest BCUT2D eigenvalue weighted by Gasteiger charge is -2.34. The quantitative estimate of drug-likeness (QED) is 0.748. The monoisotopic (exact) mass is 384 g/mol. The summed E-state index contributed by atoms with van der Waals surface area (Å²) in [5.74, 6) is 0. The molecule has 0 aliphatic heterocycles. The Bertz CT molecular complexity index is 638. The molecule has 1 aliphatic rings. The Morgan fingerprint density at radius 2 is 2.19 bits per heavy atom. The zero-order valence-electron chi connectivity index (χ0n) is 12.9. The molecule has 1 atom stereocenters. The summed E-state index contributed by atoms with van der Waals surface area (Å²) in [4.78, 5) is 9.03. The topological polar surface area (TPSA) is 24.9 Å². The number of nitrogens with zero attached hydrogens (tertiary/aromatic N) is 1. The molecular formula is C16H21BrN2S2. The predicted octanol–water partition coefficient (Wildman–Crippen LogP) is 5.57. The van der Waals surface area contributed by atoms with Crippen LogP contribution in [-0.4, -0.2) is 11.5 Å². The molecule has 0 spiro atoms. The average Bonchev–Trinajstić information content (AvgIpc) is 2.93. The maximum atomic E-state index is 4.97. The maximum absolute atomic E-state index is 4.97. The Labute approximate surface area is 143 Å². The molecule has 0 bridgehead atoms. The summed E-state index contributed by atoms with van der Waals surface area (Å²) in [7, 11) is 0. The molecule has 5 heteroatoms. The minimum absolute atomic E-state index is 0.330. The van der Waals surface area contributed by atoms with Crippen LogP contribution in [0.4, 0.5) is 0 Å². The van der Waals surface area contributed by atoms with Crippen LogP contribution in [0.2, 0.25) is 0 Å². The van der Waals surface area contributed by atoms with Crippen LogP contribution in [0, 0.1) is 12.3 Å². The van der Waals surface area contributed by atoms with E-state index in [2.05, 4.69) is 55.0 Å². The van der Waals surface area contributed by atoms with Crippen molar-refractivity contribution in [1.82, 2.24) is 10.3 Å². The predicted molar refractivity (Wildman–Crippen MR) is 96.4 cm³/mol. The van der Waals surface area contributed by atoms with Crippen molar-refractivity contribution in [3.05, 3.63) is 26.0 Å². The molecule has 114 valence electrons. The molecular weight excluding hydrogens is 364 g/mol. The van der Waals surface area contributed by atoms with E-state index in [9.17, 15) is 0 Å². The number of rotatable bonds is 3. The molecule has 0 fully saturated rings. The van der Waals surface area contributed by atoms with Gasteiger partial charge in [-0.25, -0.2) is 4.98 Å². The van der Waals surface area contributed by atoms with Crippen molar-refractivity contribution in [2.45, 2.75) is 46.6 Å². The van der Waals surface area contributed by atoms with Gasteiger partial charge in [0.05, 0.1) is 10.6 Å². The standard InChI is InChI=1S/C16H21BrN2S2/c1-5-18-11-7-16(3,4)8-12-14(11)21-15(19-12)13-6-10(17)9(2)20-13/h6,11,18H,5,7-8H2,1-4H3. The highest BCUT2D eigenvalue weighted by Gasteiger charge is 2.34. The maximum Gasteiger partial charge on any atom is 0.133 e. The molecule has 0 amide bonds. The number of thiazole rings is 1. The molecule has 3 rings (SSSR count). The van der Waals surface area contributed by atoms with Gasteiger partial charge in [-0.3, -0.25) is 0 Å². The van der Waals surface area contributed by atoms with E-state index in [1.165, 1.54) is 36.2 Å². The number of halogens is 1. The fourth-order valence-electron chi connectivity index (χ4n) is 3.02. The van der Waals surface area contributed by atoms with Gasteiger partial charge >= 0.3 is 0 Å². The lowest BCUT2D eigenvalue weighted by Crippen LogP contribution is -2.32. The number of aryl methyl sites for hydroxylation is 1. The molecule has 0 aromatic carbocycles. The molecule has 0 radical (unpaired) electrons. The van der Waals surface area contributed by atoms with Crippen LogP contribution in [0.25, 0.3) is 9.88 Å². The van der Waals surface area contributed by atoms with Crippen molar-refractivity contribution in [2.24, 2.45) is 5.41 Å². The van der Waals surface area contributed by atoms with Gasteiger partial charge in [0.1, 0.15) is 5.01 Å². The number of hydrogen-bond donors (Lipinski definition) is 1. The van der Waals surface area contributed by atoms with Crippen LogP contribution in [0.3, 0.4) is 0 Å². The van der Waals surface area contributed by atoms with Crippen LogP contribution < -0.4 is 5.32 Å². The average molecular weight is 385 g/mol. The summed E-state index contributed by atoms with van der Waals surface area (Å²) < 4.78 is 1.19. The molecule has 0 saturated carbocycles. The van der Waals surface area contributed by atoms with Gasteiger partial charge in [0.2, 0.25) is 0 Å². The summed E-state index contributed by atoms with van der Waals surface area (Å²) in [6, 6.07) is 2.67. The minimum atomic E-state index is 0.330. The van der Waals surface area contributed by atoms with Crippen LogP contribution in [0.15, 0.2) is 10.5 Å². The molecule has 2 heterocycles. The Balaban J connectivity index is 2.01. The first-order valence-electron chi connectivity index (χ1n) is 7.39. The number of hydrogen-bond acceptors (Lipinski definition) is 4. The Morgan fingerprint density at radius 3 is 2.81 bits per heavy atom. The van der Waals surface area contributed by atoms with Crippen LogP contribution in [0.5, 0.6) is 0 Å². The van der Waals surface area contributed by atoms with E-state index in [1.54, 1.807) is 0 Å². The molecule has 0 saturated heterocycles. The minimum Gasteiger partial charge on any atom is -0.309 e. The second-order valence-corrected chi connectivity index (χ2v) is 9.64. The highest BCUT2D eigenvalue weighted by atomic mass is 79.9. The van der Waals surface area contributed by atoms with Crippen molar-refractivity contribution in [3.8, 4) is 9.88 Å². The van der Waals surface area contributed by atoms with E-state index in [1.807, 2.05) is 22.7 Å². The van der Waals surface area contributed by atoms with Crippen molar-refractivity contribution < 1.29 is 0 Å². The second kappa shape index (κ2) is 5.76. The summed E-state index contributed by atoms with van der Waals surface area (Å²) in [5.41, 5.74) is 1.64. The normalized spacial score (nSPS) is 20.5. The zero-order valence-corrected chi connectivity index (χ0v) is 16.1. The third-order valence-corrected chi connectivity index (χ3v) is 7.48. The number of fused-ring (bicyclic) bond motifs is 1. The van der Waals surface area contributed by atoms with Crippen molar-refractivity contribution in [2.75, 3.05) is 6.54 Å². The molecule has 1 N–H and O–H groups in total. The van der Waals surface area contributed by atoms with Crippen LogP contribution in [0.1, 0.15) is 48.7 Å². The van der Waals surface area contributed by atoms with E-state index >= 15 is 0 Å². The summed E-state index contributed by atoms with van der Waals surface area (Å²) in [5, 5.41) is 4.82. The van der Waals surface area contributed by atoms with E-state index in [0.29, 0.717) is 11.5 Å². The third kappa shape index (κ3) is 3.11. The third-order valence-electron chi connectivity index (χ3n) is 3.97. The summed E-state index contributed by atoms with van der Waals surface area (Å²) >= 11 is 7.32. The second-order valence-electron chi connectivity index (χ2n) is 6.50. The molecule has 1 aliphatic carbocycles. The number of thiophene rings is 1. The largest absolute Gasteiger partial charge is 0.309 e. The van der Waals surface area contributed by atoms with E-state index in [0.717, 1.165) is 13.0 Å². The molecule has 2 aromatic rings. The van der Waals surface area contributed by atoms with Gasteiger partial charge in [-0.15, -0.1) is 22.7 Å². The van der Waals surface area contributed by atoms with Gasteiger partial charge in [-0.2, -0.15) is 0 Å². The summed E-state index contributed by atoms with van der Waals surface area (Å²) in [6.45, 7) is 10.0. The molecule has 2 aromatic heterocycles. The van der Waals surface area contributed by atoms with E-state index in [4.69, 9.17) is 4.98 Å². The number of nitrogens with one attached hydrogen (secondary N) is 1. The highest BCUT2D eigenvalue weighted by molar-refractivity contribution is 9.10. The number of aromatic nitrogens is 1. The van der Waals surface area contributed by atoms with E-state index < -0.39 is 0 Å². The van der Waals surface area contributed by atoms with Crippen LogP contribution in [-0.2, 0) is 6.42 Å². The highest BCUT2D eigenvalue weighted by Crippen LogP contribution is 2.46. The van der Waals surface area contributed by atoms with Gasteiger partial charge in [0.15, 0.2) is 0 Å². The van der Waals surface area contributed by atoms with Crippen molar-refractivity contribution in [1.29, 1.82) is 0 Å². The Morgan fingerprint density at radius 1 is 1.43 bits per heavy atom. The lowest BCUT2D eigenvalue weighted by molar-refractivity contribution is 0.260. The van der Waals surface area contributed by atoms with Crippen molar-refractivity contribution >= 4 is 38.6 Å². The first-order chi connectivity index (χ1) is 9.89. The SMILES string of the molecule is CCNC1CC(C)(C)Cc2nc(-c3cc(Br)c(C)s3)sc21. The fourth-order valence-corrected chi connectivity index (χ4v) is 5.75. The van der Waals surface area contributed by atoms with Gasteiger partial charge in [-0.05, 0) is 53.7 Å². The smallest absolute Gasteiger partial charge is 0.133 e. The molecule has 21 heavy (non-hydrogen) atoms. The summed E-state index contributed by atoms with van der Waals surface area (Å²) in [6.07, 6.45) is 2.29. The zero-order chi connectivity index (χ0) is 15.2. The van der Waals surface area contributed by atoms with Crippen LogP contribution >= 0.6 is 38.6 Å². The van der Waals surface area contributed by atoms with Gasteiger partial charge in [0, 0.05) is 20.3 Å². The fraction of sp³-hybridized carbons (Fsp3) is 0.562. The van der Waals surface area contributed by atoms with Gasteiger partial charge in [0.25, 0.3) is 0 Å². The Hall–Kier alpha value is -0.230. The van der Waals surface area contributed by atoms with Crippen molar-refractivity contribution in [3.63, 3.8) is 0 Å². The first kappa shape index (κ1) is 15.7. The molecule has 2 nitrogen and oxygen atoms in total. The van der Waals surface area contributed by atoms with Gasteiger partial charge in [-0.1, -0.05) is 20.8 Å². The Kier molecular flexibility index (Phi) is 4.30. The van der Waals surface area contributed by atoms with Gasteiger partial charge < -0.3 is 5.32 Å². The van der Waals surface area contributed by atoms with E-state index in [-0.39, 0.29) is 0 Å². The molecule has 1 unspecified atom stereocenters. The first-order valence-corrected chi connectivity index (χ1v) is 9.81. The lowest BCUT2D eigenvalue weighted by atomic mass is 9.76.